The Kier molecular flexibility index (Phi) is 4.11. The van der Waals surface area contributed by atoms with Crippen molar-refractivity contribution < 1.29 is 22.7 Å². The summed E-state index contributed by atoms with van der Waals surface area (Å²) < 4.78 is 43.9. The molecule has 1 aromatic heterocycles. The number of halogens is 3. The van der Waals surface area contributed by atoms with Gasteiger partial charge in [-0.1, -0.05) is 18.2 Å². The normalized spacial score (nSPS) is 11.5. The number of nitrogens with one attached hydrogen (secondary N) is 1. The van der Waals surface area contributed by atoms with Gasteiger partial charge in [-0.05, 0) is 11.6 Å². The van der Waals surface area contributed by atoms with Gasteiger partial charge in [-0.25, -0.2) is 9.59 Å². The largest absolute Gasteiger partial charge is 0.464 e. The molecule has 0 aliphatic carbocycles. The van der Waals surface area contributed by atoms with Gasteiger partial charge in [0.15, 0.2) is 0 Å². The van der Waals surface area contributed by atoms with Crippen LogP contribution in [0.1, 0.15) is 27.3 Å². The third-order valence-corrected chi connectivity index (χ3v) is 3.25. The summed E-state index contributed by atoms with van der Waals surface area (Å²) in [6.45, 7) is 0. The van der Waals surface area contributed by atoms with Crippen molar-refractivity contribution in [2.24, 2.45) is 7.05 Å². The molecule has 0 bridgehead atoms. The summed E-state index contributed by atoms with van der Waals surface area (Å²) >= 11 is 0. The van der Waals surface area contributed by atoms with Gasteiger partial charge < -0.3 is 4.74 Å². The van der Waals surface area contributed by atoms with Crippen molar-refractivity contribution in [3.05, 3.63) is 57.3 Å². The van der Waals surface area contributed by atoms with Crippen molar-refractivity contribution in [1.82, 2.24) is 9.55 Å². The number of imidazole rings is 1. The number of hydrogen-bond donors (Lipinski definition) is 1. The number of nitrogens with zero attached hydrogens (tertiary/aromatic N) is 1. The quantitative estimate of drug-likeness (QED) is 0.883. The molecule has 1 N–H and O–H groups in total. The number of methoxy groups -OCH3 is 1. The molecule has 0 saturated carbocycles. The second-order valence-electron chi connectivity index (χ2n) is 4.68. The van der Waals surface area contributed by atoms with Crippen molar-refractivity contribution in [2.75, 3.05) is 7.11 Å². The lowest BCUT2D eigenvalue weighted by atomic mass is 10.0. The van der Waals surface area contributed by atoms with Crippen LogP contribution in [-0.2, 0) is 24.4 Å². The average Bonchev–Trinajstić information content (AvgIpc) is 2.74. The number of alkyl halides is 3. The molecule has 5 nitrogen and oxygen atoms in total. The maximum atomic E-state index is 12.7. The number of ether oxygens (including phenoxy) is 1. The molecule has 0 aliphatic heterocycles. The summed E-state index contributed by atoms with van der Waals surface area (Å²) in [6.07, 6.45) is -4.46. The molecular formula is C14H13F3N2O3. The van der Waals surface area contributed by atoms with E-state index in [-0.39, 0.29) is 17.8 Å². The van der Waals surface area contributed by atoms with E-state index in [0.717, 1.165) is 19.2 Å². The fourth-order valence-corrected chi connectivity index (χ4v) is 2.08. The monoisotopic (exact) mass is 314 g/mol. The number of hydrogen-bond acceptors (Lipinski definition) is 3. The van der Waals surface area contributed by atoms with Crippen LogP contribution in [-0.4, -0.2) is 22.6 Å². The highest BCUT2D eigenvalue weighted by molar-refractivity contribution is 5.88. The van der Waals surface area contributed by atoms with Gasteiger partial charge in [0, 0.05) is 13.5 Å². The van der Waals surface area contributed by atoms with Gasteiger partial charge >= 0.3 is 17.8 Å². The first-order chi connectivity index (χ1) is 10.2. The van der Waals surface area contributed by atoms with Crippen molar-refractivity contribution in [3.63, 3.8) is 0 Å². The average molecular weight is 314 g/mol. The van der Waals surface area contributed by atoms with Crippen LogP contribution < -0.4 is 5.69 Å². The van der Waals surface area contributed by atoms with Gasteiger partial charge in [-0.3, -0.25) is 9.55 Å². The molecule has 2 rings (SSSR count). The zero-order valence-corrected chi connectivity index (χ0v) is 11.8. The minimum absolute atomic E-state index is 0.0103. The van der Waals surface area contributed by atoms with Gasteiger partial charge in [0.05, 0.1) is 18.4 Å². The van der Waals surface area contributed by atoms with Crippen molar-refractivity contribution >= 4 is 5.97 Å². The Hall–Kier alpha value is -2.51. The van der Waals surface area contributed by atoms with Crippen LogP contribution in [0, 0.1) is 0 Å². The summed E-state index contributed by atoms with van der Waals surface area (Å²) in [5, 5.41) is 0. The molecule has 0 atom stereocenters. The van der Waals surface area contributed by atoms with Crippen molar-refractivity contribution in [3.8, 4) is 0 Å². The van der Waals surface area contributed by atoms with Gasteiger partial charge in [-0.15, -0.1) is 0 Å². The Bertz CT molecular complexity index is 759. The second kappa shape index (κ2) is 5.70. The molecule has 22 heavy (non-hydrogen) atoms. The SMILES string of the molecule is COC(=O)c1[nH]c(=O)n(C)c1Cc1cccc(C(F)(F)F)c1. The molecule has 0 amide bonds. The predicted molar refractivity (Wildman–Crippen MR) is 71.6 cm³/mol. The first-order valence-electron chi connectivity index (χ1n) is 6.26. The van der Waals surface area contributed by atoms with E-state index in [1.54, 1.807) is 0 Å². The number of aromatic nitrogens is 2. The minimum atomic E-state index is -4.45. The predicted octanol–water partition coefficient (Wildman–Crippen LogP) is 2.11. The third-order valence-electron chi connectivity index (χ3n) is 3.25. The lowest BCUT2D eigenvalue weighted by Gasteiger charge is -2.09. The van der Waals surface area contributed by atoms with Crippen LogP contribution in [0.5, 0.6) is 0 Å². The van der Waals surface area contributed by atoms with Crippen molar-refractivity contribution in [1.29, 1.82) is 0 Å². The molecule has 0 spiro atoms. The zero-order valence-electron chi connectivity index (χ0n) is 11.8. The van der Waals surface area contributed by atoms with E-state index in [1.165, 1.54) is 23.7 Å². The van der Waals surface area contributed by atoms with Crippen LogP contribution in [0.4, 0.5) is 13.2 Å². The molecular weight excluding hydrogens is 301 g/mol. The highest BCUT2D eigenvalue weighted by Gasteiger charge is 2.30. The van der Waals surface area contributed by atoms with E-state index in [1.807, 2.05) is 0 Å². The molecule has 1 heterocycles. The Morgan fingerprint density at radius 3 is 2.64 bits per heavy atom. The van der Waals surface area contributed by atoms with Gasteiger partial charge in [-0.2, -0.15) is 13.2 Å². The van der Waals surface area contributed by atoms with Crippen LogP contribution in [0.2, 0.25) is 0 Å². The second-order valence-corrected chi connectivity index (χ2v) is 4.68. The summed E-state index contributed by atoms with van der Waals surface area (Å²) in [6, 6.07) is 4.72. The minimum Gasteiger partial charge on any atom is -0.464 e. The standard InChI is InChI=1S/C14H13F3N2O3/c1-19-10(11(12(20)22-2)18-13(19)21)7-8-4-3-5-9(6-8)14(15,16)17/h3-6H,7H2,1-2H3,(H,18,21). The third kappa shape index (κ3) is 3.05. The first-order valence-corrected chi connectivity index (χ1v) is 6.26. The number of carbonyl (C=O) groups excluding carboxylic acids is 1. The summed E-state index contributed by atoms with van der Waals surface area (Å²) in [4.78, 5) is 25.6. The van der Waals surface area contributed by atoms with Crippen LogP contribution in [0.3, 0.4) is 0 Å². The molecule has 0 radical (unpaired) electrons. The highest BCUT2D eigenvalue weighted by atomic mass is 19.4. The smallest absolute Gasteiger partial charge is 0.416 e. The van der Waals surface area contributed by atoms with Crippen LogP contribution in [0.25, 0.3) is 0 Å². The van der Waals surface area contributed by atoms with E-state index in [0.29, 0.717) is 5.56 Å². The maximum absolute atomic E-state index is 12.7. The number of aromatic amines is 1. The van der Waals surface area contributed by atoms with Crippen LogP contribution >= 0.6 is 0 Å². The van der Waals surface area contributed by atoms with E-state index < -0.39 is 23.4 Å². The van der Waals surface area contributed by atoms with E-state index in [2.05, 4.69) is 9.72 Å². The lowest BCUT2D eigenvalue weighted by molar-refractivity contribution is -0.137. The summed E-state index contributed by atoms with van der Waals surface area (Å²) in [5.41, 5.74) is -0.800. The summed E-state index contributed by atoms with van der Waals surface area (Å²) in [7, 11) is 2.58. The Balaban J connectivity index is 2.44. The fraction of sp³-hybridized carbons (Fsp3) is 0.286. The molecule has 0 saturated heterocycles. The molecule has 118 valence electrons. The Labute approximate surface area is 123 Å². The van der Waals surface area contributed by atoms with Gasteiger partial charge in [0.25, 0.3) is 0 Å². The molecule has 0 aliphatic rings. The number of H-pyrrole nitrogens is 1. The van der Waals surface area contributed by atoms with Crippen LogP contribution in [0.15, 0.2) is 29.1 Å². The molecule has 8 heteroatoms. The number of benzene rings is 1. The Morgan fingerprint density at radius 1 is 1.36 bits per heavy atom. The number of esters is 1. The maximum Gasteiger partial charge on any atom is 0.416 e. The van der Waals surface area contributed by atoms with E-state index in [4.69, 9.17) is 0 Å². The van der Waals surface area contributed by atoms with E-state index >= 15 is 0 Å². The summed E-state index contributed by atoms with van der Waals surface area (Å²) in [5.74, 6) is -0.750. The number of rotatable bonds is 3. The fourth-order valence-electron chi connectivity index (χ4n) is 2.08. The lowest BCUT2D eigenvalue weighted by Crippen LogP contribution is -2.14. The molecule has 0 fully saturated rings. The van der Waals surface area contributed by atoms with Gasteiger partial charge in [0.2, 0.25) is 0 Å². The Morgan fingerprint density at radius 2 is 2.05 bits per heavy atom. The molecule has 2 aromatic rings. The number of carbonyl (C=O) groups is 1. The molecule has 0 unspecified atom stereocenters. The van der Waals surface area contributed by atoms with E-state index in [9.17, 15) is 22.8 Å². The highest BCUT2D eigenvalue weighted by Crippen LogP contribution is 2.30. The zero-order chi connectivity index (χ0) is 16.5. The van der Waals surface area contributed by atoms with Crippen molar-refractivity contribution in [2.45, 2.75) is 12.6 Å². The topological polar surface area (TPSA) is 64.1 Å². The van der Waals surface area contributed by atoms with Gasteiger partial charge in [0.1, 0.15) is 5.69 Å². The molecule has 1 aromatic carbocycles. The first kappa shape index (κ1) is 15.9.